The zero-order valence-corrected chi connectivity index (χ0v) is 15.7. The second kappa shape index (κ2) is 8.27. The minimum Gasteiger partial charge on any atom is -0.496 e. The molecule has 3 rings (SSSR count). The number of aromatic nitrogens is 2. The molecule has 0 spiro atoms. The van der Waals surface area contributed by atoms with Crippen LogP contribution in [0, 0.1) is 0 Å². The van der Waals surface area contributed by atoms with E-state index in [2.05, 4.69) is 14.9 Å². The molecule has 0 aliphatic carbocycles. The van der Waals surface area contributed by atoms with Crippen molar-refractivity contribution in [3.05, 3.63) is 60.2 Å². The quantitative estimate of drug-likeness (QED) is 0.605. The van der Waals surface area contributed by atoms with Crippen molar-refractivity contribution in [2.45, 2.75) is 11.6 Å². The highest BCUT2D eigenvalue weighted by molar-refractivity contribution is 7.90. The number of rotatable bonds is 7. The highest BCUT2D eigenvalue weighted by Crippen LogP contribution is 2.29. The van der Waals surface area contributed by atoms with E-state index in [0.717, 1.165) is 12.1 Å². The maximum atomic E-state index is 12.5. The van der Waals surface area contributed by atoms with Gasteiger partial charge >= 0.3 is 6.61 Å². The van der Waals surface area contributed by atoms with Gasteiger partial charge in [0, 0.05) is 11.6 Å². The van der Waals surface area contributed by atoms with Crippen LogP contribution in [0.2, 0.25) is 0 Å². The summed E-state index contributed by atoms with van der Waals surface area (Å²) < 4.78 is 61.3. The summed E-state index contributed by atoms with van der Waals surface area (Å²) in [4.78, 5) is 12.3. The molecular formula is C18H15F2N3O5S. The molecule has 29 heavy (non-hydrogen) atoms. The molecule has 2 aromatic carbocycles. The Morgan fingerprint density at radius 1 is 1.10 bits per heavy atom. The van der Waals surface area contributed by atoms with Gasteiger partial charge in [0.1, 0.15) is 11.5 Å². The number of para-hydroxylation sites is 2. The minimum atomic E-state index is -4.39. The van der Waals surface area contributed by atoms with E-state index >= 15 is 0 Å². The number of carbonyl (C=O) groups excluding carboxylic acids is 1. The van der Waals surface area contributed by atoms with Crippen molar-refractivity contribution in [3.63, 3.8) is 0 Å². The van der Waals surface area contributed by atoms with E-state index in [-0.39, 0.29) is 5.56 Å². The molecule has 152 valence electrons. The Morgan fingerprint density at radius 2 is 1.76 bits per heavy atom. The van der Waals surface area contributed by atoms with E-state index in [4.69, 9.17) is 4.74 Å². The van der Waals surface area contributed by atoms with Crippen LogP contribution in [0.15, 0.2) is 59.6 Å². The van der Waals surface area contributed by atoms with Gasteiger partial charge in [-0.15, -0.1) is 0 Å². The predicted molar refractivity (Wildman–Crippen MR) is 98.3 cm³/mol. The molecule has 1 amide bonds. The average molecular weight is 423 g/mol. The van der Waals surface area contributed by atoms with Crippen molar-refractivity contribution in [3.8, 4) is 22.8 Å². The lowest BCUT2D eigenvalue weighted by Gasteiger charge is -2.10. The summed E-state index contributed by atoms with van der Waals surface area (Å²) in [5, 5.41) is 5.83. The second-order valence-electron chi connectivity index (χ2n) is 5.63. The van der Waals surface area contributed by atoms with Crippen LogP contribution < -0.4 is 14.2 Å². The van der Waals surface area contributed by atoms with Gasteiger partial charge in [-0.2, -0.15) is 22.3 Å². The molecule has 0 saturated heterocycles. The first-order chi connectivity index (χ1) is 13.8. The fourth-order valence-electron chi connectivity index (χ4n) is 2.53. The van der Waals surface area contributed by atoms with Gasteiger partial charge in [0.2, 0.25) is 0 Å². The Labute approximate surface area is 164 Å². The van der Waals surface area contributed by atoms with Crippen LogP contribution in [-0.2, 0) is 10.0 Å². The van der Waals surface area contributed by atoms with E-state index in [9.17, 15) is 22.0 Å². The molecule has 2 N–H and O–H groups in total. The number of methoxy groups -OCH3 is 1. The first-order valence-electron chi connectivity index (χ1n) is 8.11. The number of halogens is 2. The Kier molecular flexibility index (Phi) is 5.78. The number of alkyl halides is 2. The average Bonchev–Trinajstić information content (AvgIpc) is 3.18. The van der Waals surface area contributed by atoms with Crippen molar-refractivity contribution in [1.82, 2.24) is 14.9 Å². The predicted octanol–water partition coefficient (Wildman–Crippen LogP) is 2.81. The lowest BCUT2D eigenvalue weighted by molar-refractivity contribution is -0.0501. The van der Waals surface area contributed by atoms with Crippen LogP contribution in [0.25, 0.3) is 11.3 Å². The normalized spacial score (nSPS) is 11.3. The standard InChI is InChI=1S/C18H15F2N3O5S/c1-27-14-8-4-2-6-11(14)13-10-16(22-21-13)29(25,26)23-17(24)12-7-3-5-9-15(12)28-18(19)20/h2-10,18H,1H3,(H,21,22)(H,23,24). The van der Waals surface area contributed by atoms with Gasteiger partial charge in [0.25, 0.3) is 15.9 Å². The Morgan fingerprint density at radius 3 is 2.45 bits per heavy atom. The van der Waals surface area contributed by atoms with Gasteiger partial charge in [0.15, 0.2) is 5.03 Å². The smallest absolute Gasteiger partial charge is 0.387 e. The summed E-state index contributed by atoms with van der Waals surface area (Å²) in [5.74, 6) is -1.10. The first-order valence-corrected chi connectivity index (χ1v) is 9.60. The van der Waals surface area contributed by atoms with Gasteiger partial charge in [-0.1, -0.05) is 24.3 Å². The number of hydrogen-bond acceptors (Lipinski definition) is 6. The number of ether oxygens (including phenoxy) is 2. The largest absolute Gasteiger partial charge is 0.496 e. The number of nitrogens with zero attached hydrogens (tertiary/aromatic N) is 1. The number of sulfonamides is 1. The number of benzene rings is 2. The molecule has 8 nitrogen and oxygen atoms in total. The minimum absolute atomic E-state index is 0.344. The third-order valence-electron chi connectivity index (χ3n) is 3.80. The molecule has 0 aliphatic heterocycles. The number of amides is 1. The molecule has 3 aromatic rings. The van der Waals surface area contributed by atoms with Crippen LogP contribution in [0.5, 0.6) is 11.5 Å². The van der Waals surface area contributed by atoms with Gasteiger partial charge in [0.05, 0.1) is 18.4 Å². The molecule has 0 aliphatic rings. The molecular weight excluding hydrogens is 408 g/mol. The van der Waals surface area contributed by atoms with E-state index < -0.39 is 33.3 Å². The third kappa shape index (κ3) is 4.51. The van der Waals surface area contributed by atoms with E-state index in [1.54, 1.807) is 29.0 Å². The number of carbonyl (C=O) groups is 1. The SMILES string of the molecule is COc1ccccc1-c1cc(S(=O)(=O)NC(=O)c2ccccc2OC(F)F)n[nH]1. The zero-order valence-electron chi connectivity index (χ0n) is 14.9. The topological polar surface area (TPSA) is 110 Å². The highest BCUT2D eigenvalue weighted by atomic mass is 32.2. The van der Waals surface area contributed by atoms with Gasteiger partial charge in [-0.25, -0.2) is 4.72 Å². The van der Waals surface area contributed by atoms with Crippen molar-refractivity contribution in [1.29, 1.82) is 0 Å². The summed E-state index contributed by atoms with van der Waals surface area (Å²) in [6, 6.07) is 13.1. The van der Waals surface area contributed by atoms with E-state index in [1.165, 1.54) is 25.3 Å². The van der Waals surface area contributed by atoms with E-state index in [0.29, 0.717) is 17.0 Å². The van der Waals surface area contributed by atoms with Crippen molar-refractivity contribution in [2.24, 2.45) is 0 Å². The van der Waals surface area contributed by atoms with Crippen LogP contribution in [0.4, 0.5) is 8.78 Å². The first kappa shape index (κ1) is 20.3. The van der Waals surface area contributed by atoms with Crippen LogP contribution in [-0.4, -0.2) is 38.2 Å². The Bertz CT molecular complexity index is 1130. The van der Waals surface area contributed by atoms with Gasteiger partial charge < -0.3 is 9.47 Å². The summed E-state index contributed by atoms with van der Waals surface area (Å²) in [6.07, 6.45) is 0. The molecule has 0 fully saturated rings. The number of hydrogen-bond donors (Lipinski definition) is 2. The summed E-state index contributed by atoms with van der Waals surface area (Å²) in [5.41, 5.74) is 0.541. The molecule has 0 atom stereocenters. The summed E-state index contributed by atoms with van der Waals surface area (Å²) in [6.45, 7) is -3.17. The van der Waals surface area contributed by atoms with Gasteiger partial charge in [-0.05, 0) is 24.3 Å². The second-order valence-corrected chi connectivity index (χ2v) is 7.26. The molecule has 0 unspecified atom stereocenters. The molecule has 1 aromatic heterocycles. The van der Waals surface area contributed by atoms with Gasteiger partial charge in [-0.3, -0.25) is 9.89 Å². The molecule has 11 heteroatoms. The molecule has 1 heterocycles. The van der Waals surface area contributed by atoms with Crippen LogP contribution in [0.3, 0.4) is 0 Å². The number of H-pyrrole nitrogens is 1. The van der Waals surface area contributed by atoms with Crippen molar-refractivity contribution >= 4 is 15.9 Å². The maximum absolute atomic E-state index is 12.5. The fourth-order valence-corrected chi connectivity index (χ4v) is 3.43. The van der Waals surface area contributed by atoms with Crippen LogP contribution in [0.1, 0.15) is 10.4 Å². The zero-order chi connectivity index (χ0) is 21.0. The van der Waals surface area contributed by atoms with Crippen molar-refractivity contribution in [2.75, 3.05) is 7.11 Å². The Hall–Kier alpha value is -3.47. The number of nitrogens with one attached hydrogen (secondary N) is 2. The molecule has 0 bridgehead atoms. The fraction of sp³-hybridized carbons (Fsp3) is 0.111. The third-order valence-corrected chi connectivity index (χ3v) is 5.02. The Balaban J connectivity index is 1.86. The molecule has 0 radical (unpaired) electrons. The highest BCUT2D eigenvalue weighted by Gasteiger charge is 2.25. The maximum Gasteiger partial charge on any atom is 0.387 e. The number of aromatic amines is 1. The monoisotopic (exact) mass is 423 g/mol. The lowest BCUT2D eigenvalue weighted by atomic mass is 10.1. The summed E-state index contributed by atoms with van der Waals surface area (Å²) in [7, 11) is -2.92. The summed E-state index contributed by atoms with van der Waals surface area (Å²) >= 11 is 0. The van der Waals surface area contributed by atoms with Crippen LogP contribution >= 0.6 is 0 Å². The molecule has 0 saturated carbocycles. The van der Waals surface area contributed by atoms with E-state index in [1.807, 2.05) is 0 Å². The lowest BCUT2D eigenvalue weighted by Crippen LogP contribution is -2.31. The van der Waals surface area contributed by atoms with Crippen molar-refractivity contribution < 1.29 is 31.5 Å².